The minimum absolute atomic E-state index is 0.0894. The van der Waals surface area contributed by atoms with E-state index >= 15 is 0 Å². The molecule has 2 aromatic carbocycles. The van der Waals surface area contributed by atoms with Crippen molar-refractivity contribution in [3.8, 4) is 0 Å². The zero-order chi connectivity index (χ0) is 15.1. The summed E-state index contributed by atoms with van der Waals surface area (Å²) in [6.45, 7) is 0. The van der Waals surface area contributed by atoms with E-state index in [1.54, 1.807) is 30.3 Å². The van der Waals surface area contributed by atoms with Gasteiger partial charge < -0.3 is 10.4 Å². The first kappa shape index (κ1) is 14.7. The Bertz CT molecular complexity index is 746. The number of rotatable bonds is 2. The van der Waals surface area contributed by atoms with Gasteiger partial charge in [0.2, 0.25) is 5.91 Å². The average Bonchev–Trinajstić information content (AvgIpc) is 2.79. The molecule has 3 nitrogen and oxygen atoms in total. The maximum absolute atomic E-state index is 11.4. The fourth-order valence-electron chi connectivity index (χ4n) is 2.37. The number of halogens is 3. The van der Waals surface area contributed by atoms with E-state index in [4.69, 9.17) is 34.8 Å². The minimum Gasteiger partial charge on any atom is -0.384 e. The van der Waals surface area contributed by atoms with Crippen LogP contribution in [0, 0.1) is 0 Å². The Balaban J connectivity index is 2.06. The van der Waals surface area contributed by atoms with Gasteiger partial charge in [-0.3, -0.25) is 4.79 Å². The third-order valence-corrected chi connectivity index (χ3v) is 4.30. The first-order chi connectivity index (χ1) is 9.95. The van der Waals surface area contributed by atoms with Crippen LogP contribution in [-0.2, 0) is 11.2 Å². The number of carbonyl (C=O) groups excluding carboxylic acids is 1. The Morgan fingerprint density at radius 2 is 1.76 bits per heavy atom. The number of aliphatic hydroxyl groups is 1. The molecule has 0 saturated carbocycles. The molecule has 0 spiro atoms. The zero-order valence-electron chi connectivity index (χ0n) is 10.7. The van der Waals surface area contributed by atoms with Gasteiger partial charge in [-0.15, -0.1) is 0 Å². The number of benzene rings is 2. The standard InChI is InChI=1S/C15H10Cl3NO2/c16-8-1-2-11(17)10(5-8)15(21)9-3-7-4-14(20)19-13(7)6-12(9)18/h1-3,5-6,15,21H,4H2,(H,19,20). The van der Waals surface area contributed by atoms with Crippen LogP contribution in [0.25, 0.3) is 0 Å². The van der Waals surface area contributed by atoms with Gasteiger partial charge >= 0.3 is 0 Å². The van der Waals surface area contributed by atoms with Gasteiger partial charge in [0.25, 0.3) is 0 Å². The molecule has 0 radical (unpaired) electrons. The monoisotopic (exact) mass is 341 g/mol. The summed E-state index contributed by atoms with van der Waals surface area (Å²) < 4.78 is 0. The lowest BCUT2D eigenvalue weighted by Crippen LogP contribution is -2.03. The van der Waals surface area contributed by atoms with E-state index in [1.165, 1.54) is 0 Å². The topological polar surface area (TPSA) is 49.3 Å². The summed E-state index contributed by atoms with van der Waals surface area (Å²) in [6.07, 6.45) is -0.736. The largest absolute Gasteiger partial charge is 0.384 e. The van der Waals surface area contributed by atoms with Crippen LogP contribution in [0.15, 0.2) is 30.3 Å². The summed E-state index contributed by atoms with van der Waals surface area (Å²) in [5.74, 6) is -0.0894. The highest BCUT2D eigenvalue weighted by atomic mass is 35.5. The fraction of sp³-hybridized carbons (Fsp3) is 0.133. The molecule has 1 aliphatic rings. The zero-order valence-corrected chi connectivity index (χ0v) is 12.9. The van der Waals surface area contributed by atoms with Gasteiger partial charge in [0.05, 0.1) is 6.42 Å². The van der Waals surface area contributed by atoms with Gasteiger partial charge in [-0.05, 0) is 35.9 Å². The Morgan fingerprint density at radius 1 is 1.05 bits per heavy atom. The van der Waals surface area contributed by atoms with E-state index < -0.39 is 6.10 Å². The van der Waals surface area contributed by atoms with Crippen molar-refractivity contribution in [3.05, 3.63) is 62.1 Å². The second-order valence-corrected chi connectivity index (χ2v) is 6.08. The molecule has 2 N–H and O–H groups in total. The van der Waals surface area contributed by atoms with Gasteiger partial charge in [-0.1, -0.05) is 34.8 Å². The van der Waals surface area contributed by atoms with Crippen molar-refractivity contribution in [2.75, 3.05) is 5.32 Å². The van der Waals surface area contributed by atoms with E-state index in [1.807, 2.05) is 0 Å². The van der Waals surface area contributed by atoms with Gasteiger partial charge in [0, 0.05) is 31.9 Å². The SMILES string of the molecule is O=C1Cc2cc(C(O)c3cc(Cl)ccc3Cl)c(Cl)cc2N1. The second kappa shape index (κ2) is 5.50. The molecule has 21 heavy (non-hydrogen) atoms. The van der Waals surface area contributed by atoms with E-state index in [9.17, 15) is 9.90 Å². The molecular weight excluding hydrogens is 333 g/mol. The molecule has 1 aliphatic heterocycles. The lowest BCUT2D eigenvalue weighted by Gasteiger charge is -2.16. The van der Waals surface area contributed by atoms with Crippen LogP contribution in [0.1, 0.15) is 22.8 Å². The van der Waals surface area contributed by atoms with Gasteiger partial charge in [-0.2, -0.15) is 0 Å². The van der Waals surface area contributed by atoms with Crippen LogP contribution in [0.5, 0.6) is 0 Å². The van der Waals surface area contributed by atoms with Crippen LogP contribution >= 0.6 is 34.8 Å². The maximum Gasteiger partial charge on any atom is 0.228 e. The minimum atomic E-state index is -1.01. The third kappa shape index (κ3) is 2.74. The van der Waals surface area contributed by atoms with Crippen LogP contribution < -0.4 is 5.32 Å². The maximum atomic E-state index is 11.4. The fourth-order valence-corrected chi connectivity index (χ4v) is 3.04. The molecule has 0 bridgehead atoms. The molecule has 6 heteroatoms. The summed E-state index contributed by atoms with van der Waals surface area (Å²) in [4.78, 5) is 11.4. The van der Waals surface area contributed by atoms with Gasteiger partial charge in [0.15, 0.2) is 0 Å². The van der Waals surface area contributed by atoms with E-state index in [2.05, 4.69) is 5.32 Å². The van der Waals surface area contributed by atoms with Crippen molar-refractivity contribution in [1.29, 1.82) is 0 Å². The highest BCUT2D eigenvalue weighted by Gasteiger charge is 2.23. The summed E-state index contributed by atoms with van der Waals surface area (Å²) in [6, 6.07) is 8.22. The predicted octanol–water partition coefficient (Wildman–Crippen LogP) is 4.22. The summed E-state index contributed by atoms with van der Waals surface area (Å²) in [7, 11) is 0. The van der Waals surface area contributed by atoms with Gasteiger partial charge in [0.1, 0.15) is 6.10 Å². The number of aliphatic hydroxyl groups excluding tert-OH is 1. The lowest BCUT2D eigenvalue weighted by atomic mass is 9.98. The number of amides is 1. The normalized spacial score (nSPS) is 14.8. The molecule has 3 rings (SSSR count). The Hall–Kier alpha value is -1.26. The number of fused-ring (bicyclic) bond motifs is 1. The molecule has 0 fully saturated rings. The number of carbonyl (C=O) groups is 1. The molecule has 1 heterocycles. The van der Waals surface area contributed by atoms with Crippen LogP contribution in [-0.4, -0.2) is 11.0 Å². The number of anilines is 1. The third-order valence-electron chi connectivity index (χ3n) is 3.39. The number of nitrogens with one attached hydrogen (secondary N) is 1. The summed E-state index contributed by atoms with van der Waals surface area (Å²) in [5.41, 5.74) is 2.45. The van der Waals surface area contributed by atoms with E-state index in [-0.39, 0.29) is 12.3 Å². The van der Waals surface area contributed by atoms with Gasteiger partial charge in [-0.25, -0.2) is 0 Å². The quantitative estimate of drug-likeness (QED) is 0.858. The lowest BCUT2D eigenvalue weighted by molar-refractivity contribution is -0.115. The van der Waals surface area contributed by atoms with Crippen molar-refractivity contribution in [2.24, 2.45) is 0 Å². The number of hydrogen-bond donors (Lipinski definition) is 2. The molecule has 1 unspecified atom stereocenters. The molecule has 0 saturated heterocycles. The van der Waals surface area contributed by atoms with Crippen molar-refractivity contribution in [3.63, 3.8) is 0 Å². The second-order valence-electron chi connectivity index (χ2n) is 4.82. The van der Waals surface area contributed by atoms with Crippen LogP contribution in [0.4, 0.5) is 5.69 Å². The highest BCUT2D eigenvalue weighted by Crippen LogP contribution is 2.37. The summed E-state index contributed by atoms with van der Waals surface area (Å²) >= 11 is 18.3. The Kier molecular flexibility index (Phi) is 3.84. The molecule has 1 atom stereocenters. The average molecular weight is 343 g/mol. The Labute approximate surface area is 136 Å². The smallest absolute Gasteiger partial charge is 0.228 e. The molecule has 0 aliphatic carbocycles. The van der Waals surface area contributed by atoms with Crippen molar-refractivity contribution >= 4 is 46.4 Å². The molecule has 1 amide bonds. The molecule has 0 aromatic heterocycles. The van der Waals surface area contributed by atoms with Crippen molar-refractivity contribution in [2.45, 2.75) is 12.5 Å². The van der Waals surface area contributed by atoms with Crippen LogP contribution in [0.2, 0.25) is 15.1 Å². The van der Waals surface area contributed by atoms with E-state index in [0.29, 0.717) is 31.9 Å². The predicted molar refractivity (Wildman–Crippen MR) is 84.3 cm³/mol. The first-order valence-electron chi connectivity index (χ1n) is 6.21. The number of hydrogen-bond acceptors (Lipinski definition) is 2. The van der Waals surface area contributed by atoms with Crippen molar-refractivity contribution < 1.29 is 9.90 Å². The summed E-state index contributed by atoms with van der Waals surface area (Å²) in [5, 5.41) is 14.5. The molecular formula is C15H10Cl3NO2. The Morgan fingerprint density at radius 3 is 2.52 bits per heavy atom. The first-order valence-corrected chi connectivity index (χ1v) is 7.34. The van der Waals surface area contributed by atoms with Crippen molar-refractivity contribution in [1.82, 2.24) is 0 Å². The molecule has 108 valence electrons. The highest BCUT2D eigenvalue weighted by molar-refractivity contribution is 6.34. The van der Waals surface area contributed by atoms with E-state index in [0.717, 1.165) is 5.56 Å². The molecule has 2 aromatic rings. The van der Waals surface area contributed by atoms with Crippen LogP contribution in [0.3, 0.4) is 0 Å².